The van der Waals surface area contributed by atoms with Gasteiger partial charge in [0.25, 0.3) is 0 Å². The van der Waals surface area contributed by atoms with Crippen molar-refractivity contribution >= 4 is 21.7 Å². The topological polar surface area (TPSA) is 84.3 Å². The van der Waals surface area contributed by atoms with E-state index >= 15 is 0 Å². The SMILES string of the molecule is CC(C)c1ccc(Cn2nccc2NC(=O)N2CCS(=O)(=O)C3(CCCCC3)C2)cc1. The van der Waals surface area contributed by atoms with Crippen molar-refractivity contribution in [2.75, 3.05) is 24.2 Å². The van der Waals surface area contributed by atoms with Gasteiger partial charge in [0.1, 0.15) is 5.82 Å². The Morgan fingerprint density at radius 1 is 1.13 bits per heavy atom. The zero-order chi connectivity index (χ0) is 22.1. The maximum atomic E-state index is 13.0. The standard InChI is InChI=1S/C23H32N4O3S/c1-18(2)20-8-6-19(7-9-20)16-27-21(10-13-24-27)25-22(28)26-14-15-31(29,30)23(17-26)11-4-3-5-12-23/h6-10,13,18H,3-5,11-12,14-17H2,1-2H3,(H,25,28). The van der Waals surface area contributed by atoms with Crippen molar-refractivity contribution in [1.29, 1.82) is 0 Å². The first-order chi connectivity index (χ1) is 14.8. The molecule has 2 amide bonds. The highest BCUT2D eigenvalue weighted by molar-refractivity contribution is 7.92. The van der Waals surface area contributed by atoms with Gasteiger partial charge in [-0.3, -0.25) is 5.32 Å². The van der Waals surface area contributed by atoms with Crippen LogP contribution in [0, 0.1) is 0 Å². The van der Waals surface area contributed by atoms with E-state index in [1.54, 1.807) is 21.8 Å². The Hall–Kier alpha value is -2.35. The van der Waals surface area contributed by atoms with E-state index in [1.165, 1.54) is 5.56 Å². The van der Waals surface area contributed by atoms with E-state index in [0.29, 0.717) is 31.1 Å². The molecule has 1 aliphatic carbocycles. The average Bonchev–Trinajstić information content (AvgIpc) is 3.17. The minimum atomic E-state index is -3.17. The summed E-state index contributed by atoms with van der Waals surface area (Å²) in [6.07, 6.45) is 5.88. The first-order valence-electron chi connectivity index (χ1n) is 11.2. The highest BCUT2D eigenvalue weighted by atomic mass is 32.2. The smallest absolute Gasteiger partial charge is 0.322 e. The maximum Gasteiger partial charge on any atom is 0.323 e. The first-order valence-corrected chi connectivity index (χ1v) is 12.8. The summed E-state index contributed by atoms with van der Waals surface area (Å²) in [5.41, 5.74) is 2.39. The quantitative estimate of drug-likeness (QED) is 0.772. The second kappa shape index (κ2) is 8.65. The molecule has 0 bridgehead atoms. The molecule has 0 unspecified atom stereocenters. The number of aromatic nitrogens is 2. The fraction of sp³-hybridized carbons (Fsp3) is 0.565. The van der Waals surface area contributed by atoms with Crippen LogP contribution < -0.4 is 5.32 Å². The molecule has 1 aliphatic heterocycles. The Bertz CT molecular complexity index is 1020. The van der Waals surface area contributed by atoms with Crippen molar-refractivity contribution < 1.29 is 13.2 Å². The molecule has 1 saturated heterocycles. The molecule has 2 aliphatic rings. The minimum absolute atomic E-state index is 0.0435. The van der Waals surface area contributed by atoms with Gasteiger partial charge in [-0.1, -0.05) is 57.4 Å². The lowest BCUT2D eigenvalue weighted by atomic mass is 9.87. The molecular weight excluding hydrogens is 412 g/mol. The summed E-state index contributed by atoms with van der Waals surface area (Å²) in [7, 11) is -3.17. The van der Waals surface area contributed by atoms with E-state index in [2.05, 4.69) is 48.5 Å². The zero-order valence-corrected chi connectivity index (χ0v) is 19.2. The van der Waals surface area contributed by atoms with Crippen molar-refractivity contribution in [3.63, 3.8) is 0 Å². The third-order valence-corrected chi connectivity index (χ3v) is 9.33. The second-order valence-electron chi connectivity index (χ2n) is 9.18. The number of amides is 2. The van der Waals surface area contributed by atoms with E-state index in [1.807, 2.05) is 0 Å². The van der Waals surface area contributed by atoms with Crippen LogP contribution in [0.5, 0.6) is 0 Å². The molecule has 31 heavy (non-hydrogen) atoms. The van der Waals surface area contributed by atoms with Gasteiger partial charge >= 0.3 is 6.03 Å². The van der Waals surface area contributed by atoms with Crippen LogP contribution in [0.2, 0.25) is 0 Å². The van der Waals surface area contributed by atoms with E-state index in [4.69, 9.17) is 0 Å². The molecule has 2 aromatic rings. The number of hydrogen-bond acceptors (Lipinski definition) is 4. The van der Waals surface area contributed by atoms with Gasteiger partial charge in [0.2, 0.25) is 0 Å². The summed E-state index contributed by atoms with van der Waals surface area (Å²) < 4.78 is 26.6. The first kappa shape index (κ1) is 21.9. The van der Waals surface area contributed by atoms with Gasteiger partial charge in [-0.2, -0.15) is 5.10 Å². The number of benzene rings is 1. The average molecular weight is 445 g/mol. The predicted molar refractivity (Wildman–Crippen MR) is 122 cm³/mol. The molecule has 1 aromatic carbocycles. The zero-order valence-electron chi connectivity index (χ0n) is 18.4. The lowest BCUT2D eigenvalue weighted by Gasteiger charge is -2.44. The molecule has 2 heterocycles. The number of anilines is 1. The van der Waals surface area contributed by atoms with Crippen LogP contribution in [-0.4, -0.2) is 52.7 Å². The van der Waals surface area contributed by atoms with Gasteiger partial charge in [0.05, 0.1) is 23.2 Å². The second-order valence-corrected chi connectivity index (χ2v) is 11.7. The van der Waals surface area contributed by atoms with Crippen molar-refractivity contribution in [2.24, 2.45) is 0 Å². The number of carbonyl (C=O) groups excluding carboxylic acids is 1. The van der Waals surface area contributed by atoms with Crippen LogP contribution in [0.1, 0.15) is 63.0 Å². The van der Waals surface area contributed by atoms with Gasteiger partial charge < -0.3 is 4.90 Å². The van der Waals surface area contributed by atoms with E-state index in [9.17, 15) is 13.2 Å². The molecular formula is C23H32N4O3S. The number of hydrogen-bond donors (Lipinski definition) is 1. The molecule has 8 heteroatoms. The monoisotopic (exact) mass is 444 g/mol. The molecule has 7 nitrogen and oxygen atoms in total. The fourth-order valence-electron chi connectivity index (χ4n) is 4.75. The molecule has 1 aromatic heterocycles. The van der Waals surface area contributed by atoms with Gasteiger partial charge in [0.15, 0.2) is 9.84 Å². The molecule has 2 fully saturated rings. The van der Waals surface area contributed by atoms with E-state index in [-0.39, 0.29) is 24.9 Å². The molecule has 1 saturated carbocycles. The molecule has 1 N–H and O–H groups in total. The summed E-state index contributed by atoms with van der Waals surface area (Å²) >= 11 is 0. The van der Waals surface area contributed by atoms with E-state index < -0.39 is 14.6 Å². The van der Waals surface area contributed by atoms with Crippen LogP contribution in [0.15, 0.2) is 36.5 Å². The molecule has 0 atom stereocenters. The van der Waals surface area contributed by atoms with Gasteiger partial charge in [-0.05, 0) is 29.9 Å². The highest BCUT2D eigenvalue weighted by Crippen LogP contribution is 2.38. The number of rotatable bonds is 4. The summed E-state index contributed by atoms with van der Waals surface area (Å²) in [5, 5.41) is 7.31. The number of nitrogens with one attached hydrogen (secondary N) is 1. The van der Waals surface area contributed by atoms with E-state index in [0.717, 1.165) is 24.8 Å². The highest BCUT2D eigenvalue weighted by Gasteiger charge is 2.49. The fourth-order valence-corrected chi connectivity index (χ4v) is 6.90. The lowest BCUT2D eigenvalue weighted by molar-refractivity contribution is 0.193. The molecule has 168 valence electrons. The number of urea groups is 1. The van der Waals surface area contributed by atoms with Crippen LogP contribution in [0.25, 0.3) is 0 Å². The largest absolute Gasteiger partial charge is 0.323 e. The van der Waals surface area contributed by atoms with Crippen molar-refractivity contribution in [1.82, 2.24) is 14.7 Å². The van der Waals surface area contributed by atoms with Crippen LogP contribution >= 0.6 is 0 Å². The van der Waals surface area contributed by atoms with Crippen LogP contribution in [0.3, 0.4) is 0 Å². The van der Waals surface area contributed by atoms with Gasteiger partial charge in [0, 0.05) is 19.2 Å². The summed E-state index contributed by atoms with van der Waals surface area (Å²) in [6.45, 7) is 5.41. The van der Waals surface area contributed by atoms with Crippen molar-refractivity contribution in [2.45, 2.75) is 63.2 Å². The van der Waals surface area contributed by atoms with Crippen molar-refractivity contribution in [3.8, 4) is 0 Å². The Kier molecular flexibility index (Phi) is 6.10. The summed E-state index contributed by atoms with van der Waals surface area (Å²) in [6, 6.07) is 9.95. The van der Waals surface area contributed by atoms with Crippen LogP contribution in [-0.2, 0) is 16.4 Å². The number of nitrogens with zero attached hydrogens (tertiary/aromatic N) is 3. The molecule has 0 radical (unpaired) electrons. The number of carbonyl (C=O) groups is 1. The molecule has 1 spiro atoms. The summed E-state index contributed by atoms with van der Waals surface area (Å²) in [5.74, 6) is 1.14. The van der Waals surface area contributed by atoms with Crippen LogP contribution in [0.4, 0.5) is 10.6 Å². The maximum absolute atomic E-state index is 13.0. The lowest BCUT2D eigenvalue weighted by Crippen LogP contribution is -2.59. The Morgan fingerprint density at radius 2 is 1.84 bits per heavy atom. The third kappa shape index (κ3) is 4.49. The Morgan fingerprint density at radius 3 is 2.52 bits per heavy atom. The normalized spacial score (nSPS) is 20.2. The van der Waals surface area contributed by atoms with Crippen molar-refractivity contribution in [3.05, 3.63) is 47.7 Å². The third-order valence-electron chi connectivity index (χ3n) is 6.75. The Balaban J connectivity index is 1.44. The minimum Gasteiger partial charge on any atom is -0.322 e. The Labute approximate surface area is 184 Å². The van der Waals surface area contributed by atoms with Gasteiger partial charge in [-0.25, -0.2) is 17.9 Å². The van der Waals surface area contributed by atoms with Gasteiger partial charge in [-0.15, -0.1) is 0 Å². The number of sulfone groups is 1. The molecule has 4 rings (SSSR count). The summed E-state index contributed by atoms with van der Waals surface area (Å²) in [4.78, 5) is 14.7. The predicted octanol–water partition coefficient (Wildman–Crippen LogP) is 4.02.